The molecule has 0 aliphatic carbocycles. The molecule has 0 atom stereocenters. The van der Waals surface area contributed by atoms with Crippen molar-refractivity contribution < 1.29 is 5.11 Å². The van der Waals surface area contributed by atoms with Crippen molar-refractivity contribution >= 4 is 0 Å². The first-order valence-corrected chi connectivity index (χ1v) is 5.61. The van der Waals surface area contributed by atoms with Crippen LogP contribution in [0.25, 0.3) is 0 Å². The molecule has 0 saturated heterocycles. The van der Waals surface area contributed by atoms with Gasteiger partial charge in [0.05, 0.1) is 0 Å². The van der Waals surface area contributed by atoms with E-state index in [1.807, 2.05) is 0 Å². The summed E-state index contributed by atoms with van der Waals surface area (Å²) in [6, 6.07) is 0. The first-order chi connectivity index (χ1) is 6.66. The fourth-order valence-corrected chi connectivity index (χ4v) is 1.44. The molecule has 86 valence electrons. The Morgan fingerprint density at radius 1 is 0.786 bits per heavy atom. The standard InChI is InChI=1S/C11H26N2O/c1-12(2)8-7-10-13(3)9-5-4-6-11-14/h14H,4-11H2,1-3H3. The smallest absolute Gasteiger partial charge is 0.0431 e. The highest BCUT2D eigenvalue weighted by Crippen LogP contribution is 1.97. The molecule has 0 aliphatic heterocycles. The Bertz CT molecular complexity index is 118. The largest absolute Gasteiger partial charge is 0.396 e. The molecule has 0 radical (unpaired) electrons. The molecular formula is C11H26N2O. The number of aliphatic hydroxyl groups excluding tert-OH is 1. The maximum Gasteiger partial charge on any atom is 0.0431 e. The van der Waals surface area contributed by atoms with Gasteiger partial charge in [0.2, 0.25) is 0 Å². The van der Waals surface area contributed by atoms with Gasteiger partial charge in [-0.2, -0.15) is 0 Å². The monoisotopic (exact) mass is 202 g/mol. The highest BCUT2D eigenvalue weighted by atomic mass is 16.2. The van der Waals surface area contributed by atoms with Crippen LogP contribution in [-0.4, -0.2) is 62.3 Å². The molecule has 0 bridgehead atoms. The minimum atomic E-state index is 0.338. The zero-order chi connectivity index (χ0) is 10.8. The summed E-state index contributed by atoms with van der Waals surface area (Å²) in [5.74, 6) is 0. The van der Waals surface area contributed by atoms with E-state index in [-0.39, 0.29) is 0 Å². The lowest BCUT2D eigenvalue weighted by Gasteiger charge is -2.17. The van der Waals surface area contributed by atoms with Crippen LogP contribution in [0.4, 0.5) is 0 Å². The Balaban J connectivity index is 3.15. The summed E-state index contributed by atoms with van der Waals surface area (Å²) in [6.07, 6.45) is 4.54. The number of rotatable bonds is 9. The molecular weight excluding hydrogens is 176 g/mol. The molecule has 0 spiro atoms. The van der Waals surface area contributed by atoms with Crippen molar-refractivity contribution in [3.05, 3.63) is 0 Å². The molecule has 0 aromatic rings. The molecule has 0 unspecified atom stereocenters. The second kappa shape index (κ2) is 9.44. The number of nitrogens with zero attached hydrogens (tertiary/aromatic N) is 2. The van der Waals surface area contributed by atoms with Crippen molar-refractivity contribution in [1.29, 1.82) is 0 Å². The van der Waals surface area contributed by atoms with E-state index < -0.39 is 0 Å². The van der Waals surface area contributed by atoms with Gasteiger partial charge in [0.25, 0.3) is 0 Å². The summed E-state index contributed by atoms with van der Waals surface area (Å²) in [5.41, 5.74) is 0. The second-order valence-electron chi connectivity index (χ2n) is 4.24. The van der Waals surface area contributed by atoms with Crippen LogP contribution in [0.15, 0.2) is 0 Å². The van der Waals surface area contributed by atoms with E-state index in [2.05, 4.69) is 30.9 Å². The van der Waals surface area contributed by atoms with Gasteiger partial charge in [0.1, 0.15) is 0 Å². The van der Waals surface area contributed by atoms with Gasteiger partial charge in [-0.1, -0.05) is 0 Å². The van der Waals surface area contributed by atoms with Gasteiger partial charge in [0, 0.05) is 6.61 Å². The zero-order valence-corrected chi connectivity index (χ0v) is 10.00. The van der Waals surface area contributed by atoms with Crippen LogP contribution < -0.4 is 0 Å². The number of unbranched alkanes of at least 4 members (excludes halogenated alkanes) is 2. The summed E-state index contributed by atoms with van der Waals surface area (Å²) in [7, 11) is 6.40. The minimum absolute atomic E-state index is 0.338. The topological polar surface area (TPSA) is 26.7 Å². The predicted octanol–water partition coefficient (Wildman–Crippen LogP) is 1.03. The van der Waals surface area contributed by atoms with Crippen molar-refractivity contribution in [2.75, 3.05) is 47.4 Å². The number of aliphatic hydroxyl groups is 1. The highest BCUT2D eigenvalue weighted by Gasteiger charge is 1.98. The number of hydrogen-bond donors (Lipinski definition) is 1. The van der Waals surface area contributed by atoms with Gasteiger partial charge in [-0.3, -0.25) is 0 Å². The third kappa shape index (κ3) is 9.96. The van der Waals surface area contributed by atoms with Crippen molar-refractivity contribution in [3.63, 3.8) is 0 Å². The van der Waals surface area contributed by atoms with E-state index in [0.717, 1.165) is 19.4 Å². The van der Waals surface area contributed by atoms with Crippen LogP contribution in [0.2, 0.25) is 0 Å². The fourth-order valence-electron chi connectivity index (χ4n) is 1.44. The molecule has 3 nitrogen and oxygen atoms in total. The Kier molecular flexibility index (Phi) is 9.35. The minimum Gasteiger partial charge on any atom is -0.396 e. The molecule has 0 aromatic carbocycles. The van der Waals surface area contributed by atoms with Gasteiger partial charge in [-0.25, -0.2) is 0 Å². The summed E-state index contributed by atoms with van der Waals surface area (Å²) in [6.45, 7) is 3.84. The maximum absolute atomic E-state index is 8.61. The molecule has 0 heterocycles. The van der Waals surface area contributed by atoms with Gasteiger partial charge < -0.3 is 14.9 Å². The molecule has 0 aliphatic rings. The molecule has 3 heteroatoms. The summed E-state index contributed by atoms with van der Waals surface area (Å²) in [5, 5.41) is 8.61. The normalized spacial score (nSPS) is 11.6. The fraction of sp³-hybridized carbons (Fsp3) is 1.00. The molecule has 0 amide bonds. The Labute approximate surface area is 88.7 Å². The quantitative estimate of drug-likeness (QED) is 0.566. The maximum atomic E-state index is 8.61. The van der Waals surface area contributed by atoms with E-state index in [4.69, 9.17) is 5.11 Å². The molecule has 0 saturated carbocycles. The van der Waals surface area contributed by atoms with Crippen LogP contribution in [0.3, 0.4) is 0 Å². The van der Waals surface area contributed by atoms with E-state index in [9.17, 15) is 0 Å². The highest BCUT2D eigenvalue weighted by molar-refractivity contribution is 4.54. The Morgan fingerprint density at radius 3 is 2.00 bits per heavy atom. The van der Waals surface area contributed by atoms with Crippen molar-refractivity contribution in [2.45, 2.75) is 25.7 Å². The van der Waals surface area contributed by atoms with E-state index in [1.54, 1.807) is 0 Å². The average Bonchev–Trinajstić information content (AvgIpc) is 2.12. The van der Waals surface area contributed by atoms with Crippen LogP contribution in [0.1, 0.15) is 25.7 Å². The van der Waals surface area contributed by atoms with Crippen LogP contribution in [-0.2, 0) is 0 Å². The third-order valence-electron chi connectivity index (χ3n) is 2.34. The molecule has 0 rings (SSSR count). The lowest BCUT2D eigenvalue weighted by atomic mass is 10.2. The summed E-state index contributed by atoms with van der Waals surface area (Å²) < 4.78 is 0. The second-order valence-corrected chi connectivity index (χ2v) is 4.24. The van der Waals surface area contributed by atoms with Crippen molar-refractivity contribution in [3.8, 4) is 0 Å². The van der Waals surface area contributed by atoms with Crippen LogP contribution in [0, 0.1) is 0 Å². The van der Waals surface area contributed by atoms with E-state index >= 15 is 0 Å². The van der Waals surface area contributed by atoms with Crippen molar-refractivity contribution in [1.82, 2.24) is 9.80 Å². The Hall–Kier alpha value is -0.120. The predicted molar refractivity (Wildman–Crippen MR) is 61.6 cm³/mol. The average molecular weight is 202 g/mol. The van der Waals surface area contributed by atoms with Crippen LogP contribution in [0.5, 0.6) is 0 Å². The first kappa shape index (κ1) is 13.9. The van der Waals surface area contributed by atoms with Gasteiger partial charge in [0.15, 0.2) is 0 Å². The molecule has 0 aromatic heterocycles. The zero-order valence-electron chi connectivity index (χ0n) is 10.00. The van der Waals surface area contributed by atoms with Gasteiger partial charge in [-0.15, -0.1) is 0 Å². The Morgan fingerprint density at radius 2 is 1.43 bits per heavy atom. The summed E-state index contributed by atoms with van der Waals surface area (Å²) >= 11 is 0. The number of hydrogen-bond acceptors (Lipinski definition) is 3. The summed E-state index contributed by atoms with van der Waals surface area (Å²) in [4.78, 5) is 4.60. The molecule has 1 N–H and O–H groups in total. The first-order valence-electron chi connectivity index (χ1n) is 5.61. The van der Waals surface area contributed by atoms with E-state index in [0.29, 0.717) is 6.61 Å². The third-order valence-corrected chi connectivity index (χ3v) is 2.34. The van der Waals surface area contributed by atoms with Crippen molar-refractivity contribution in [2.24, 2.45) is 0 Å². The van der Waals surface area contributed by atoms with E-state index in [1.165, 1.54) is 25.9 Å². The van der Waals surface area contributed by atoms with Gasteiger partial charge >= 0.3 is 0 Å². The molecule has 0 fully saturated rings. The SMILES string of the molecule is CN(C)CCCN(C)CCCCCO. The van der Waals surface area contributed by atoms with Crippen LogP contribution >= 0.6 is 0 Å². The molecule has 14 heavy (non-hydrogen) atoms. The lowest BCUT2D eigenvalue weighted by molar-refractivity contribution is 0.267. The lowest BCUT2D eigenvalue weighted by Crippen LogP contribution is -2.24. The van der Waals surface area contributed by atoms with Gasteiger partial charge in [-0.05, 0) is 66.5 Å².